The Morgan fingerprint density at radius 1 is 0.442 bits per heavy atom. The Balaban J connectivity index is 0.000000203. The average Bonchev–Trinajstić information content (AvgIpc) is 3.80. The smallest absolute Gasteiger partial charge is 0.335 e. The average molecular weight is 709 g/mol. The van der Waals surface area contributed by atoms with Crippen molar-refractivity contribution in [1.29, 1.82) is 0 Å². The second-order valence-electron chi connectivity index (χ2n) is 16.5. The van der Waals surface area contributed by atoms with Crippen molar-refractivity contribution in [3.8, 4) is 0 Å². The molecule has 0 saturated carbocycles. The zero-order valence-corrected chi connectivity index (χ0v) is 31.8. The standard InChI is InChI=1S/C24H30O4.C20H22O4/c1-22(2,3)18-13-19(23(4,5)6)15-20(14-18)24(27-11-12-28-24)17-9-7-16(8-10-17)21(25)26;1-19(2,3)15-8-10-17(11-9-15)20(23-12-13-24-20)16-6-4-14(5-7-16)18(21)22/h7-10,13-15H,11-12H2,1-6H3,(H,25,26);4-11H,12-13H2,1-3H3,(H,21,22). The summed E-state index contributed by atoms with van der Waals surface area (Å²) in [7, 11) is 0. The number of hydrogen-bond donors (Lipinski definition) is 2. The van der Waals surface area contributed by atoms with Crippen molar-refractivity contribution in [3.05, 3.63) is 141 Å². The molecule has 2 aliphatic heterocycles. The van der Waals surface area contributed by atoms with Crippen LogP contribution in [0.3, 0.4) is 0 Å². The van der Waals surface area contributed by atoms with E-state index in [1.54, 1.807) is 48.5 Å². The molecular formula is C44H52O8. The predicted octanol–water partition coefficient (Wildman–Crippen LogP) is 9.16. The Morgan fingerprint density at radius 2 is 0.731 bits per heavy atom. The zero-order valence-electron chi connectivity index (χ0n) is 31.8. The van der Waals surface area contributed by atoms with E-state index in [0.29, 0.717) is 26.4 Å². The molecule has 2 heterocycles. The van der Waals surface area contributed by atoms with Crippen LogP contribution in [0.4, 0.5) is 0 Å². The van der Waals surface area contributed by atoms with Gasteiger partial charge in [0.1, 0.15) is 0 Å². The van der Waals surface area contributed by atoms with Crippen molar-refractivity contribution in [2.24, 2.45) is 0 Å². The number of rotatable bonds is 6. The number of carboxylic acid groups (broad SMARTS) is 2. The molecule has 6 rings (SSSR count). The second kappa shape index (κ2) is 14.6. The third kappa shape index (κ3) is 8.16. The van der Waals surface area contributed by atoms with E-state index in [1.807, 2.05) is 12.1 Å². The van der Waals surface area contributed by atoms with Gasteiger partial charge >= 0.3 is 11.9 Å². The maximum absolute atomic E-state index is 11.2. The highest BCUT2D eigenvalue weighted by molar-refractivity contribution is 5.88. The minimum Gasteiger partial charge on any atom is -0.478 e. The fraction of sp³-hybridized carbons (Fsp3) is 0.409. The minimum absolute atomic E-state index is 0.0248. The number of hydrogen-bond acceptors (Lipinski definition) is 6. The number of benzene rings is 4. The van der Waals surface area contributed by atoms with Crippen molar-refractivity contribution in [2.75, 3.05) is 26.4 Å². The van der Waals surface area contributed by atoms with Gasteiger partial charge in [-0.1, -0.05) is 117 Å². The van der Waals surface area contributed by atoms with E-state index >= 15 is 0 Å². The molecule has 0 bridgehead atoms. The number of ether oxygens (including phenoxy) is 4. The topological polar surface area (TPSA) is 112 Å². The largest absolute Gasteiger partial charge is 0.478 e. The summed E-state index contributed by atoms with van der Waals surface area (Å²) in [5.74, 6) is -3.87. The molecule has 0 spiro atoms. The summed E-state index contributed by atoms with van der Waals surface area (Å²) in [6.45, 7) is 21.7. The van der Waals surface area contributed by atoms with Gasteiger partial charge in [-0.2, -0.15) is 0 Å². The summed E-state index contributed by atoms with van der Waals surface area (Å²) in [6, 6.07) is 28.3. The van der Waals surface area contributed by atoms with Crippen LogP contribution >= 0.6 is 0 Å². The molecule has 4 aromatic carbocycles. The first kappa shape index (κ1) is 38.9. The zero-order chi connectivity index (χ0) is 38.1. The number of carbonyl (C=O) groups is 2. The van der Waals surface area contributed by atoms with E-state index < -0.39 is 23.5 Å². The summed E-state index contributed by atoms with van der Waals surface area (Å²) in [6.07, 6.45) is 0. The van der Waals surface area contributed by atoms with Crippen LogP contribution in [0.1, 0.15) is 122 Å². The van der Waals surface area contributed by atoms with Gasteiger partial charge in [-0.3, -0.25) is 0 Å². The molecule has 0 aromatic heterocycles. The lowest BCUT2D eigenvalue weighted by Gasteiger charge is -2.33. The molecule has 52 heavy (non-hydrogen) atoms. The number of carboxylic acids is 2. The fourth-order valence-electron chi connectivity index (χ4n) is 6.36. The monoisotopic (exact) mass is 708 g/mol. The summed E-state index contributed by atoms with van der Waals surface area (Å²) in [5, 5.41) is 18.3. The van der Waals surface area contributed by atoms with Crippen LogP contribution in [-0.4, -0.2) is 48.6 Å². The highest BCUT2D eigenvalue weighted by atomic mass is 16.7. The summed E-state index contributed by atoms with van der Waals surface area (Å²) < 4.78 is 24.3. The van der Waals surface area contributed by atoms with E-state index in [4.69, 9.17) is 24.1 Å². The van der Waals surface area contributed by atoms with Crippen LogP contribution < -0.4 is 0 Å². The molecule has 2 aliphatic rings. The van der Waals surface area contributed by atoms with E-state index in [9.17, 15) is 14.7 Å². The summed E-state index contributed by atoms with van der Waals surface area (Å²) in [4.78, 5) is 22.3. The Kier molecular flexibility index (Phi) is 10.9. The van der Waals surface area contributed by atoms with Crippen LogP contribution in [-0.2, 0) is 46.8 Å². The Morgan fingerprint density at radius 3 is 1.02 bits per heavy atom. The molecule has 0 amide bonds. The predicted molar refractivity (Wildman–Crippen MR) is 201 cm³/mol. The Bertz CT molecular complexity index is 1830. The van der Waals surface area contributed by atoms with E-state index in [-0.39, 0.29) is 27.4 Å². The maximum atomic E-state index is 11.2. The molecule has 4 aromatic rings. The van der Waals surface area contributed by atoms with Crippen LogP contribution in [0.25, 0.3) is 0 Å². The Hall–Kier alpha value is -4.34. The molecule has 2 fully saturated rings. The van der Waals surface area contributed by atoms with Crippen molar-refractivity contribution >= 4 is 11.9 Å². The maximum Gasteiger partial charge on any atom is 0.335 e. The van der Waals surface area contributed by atoms with Crippen LogP contribution in [0.2, 0.25) is 0 Å². The van der Waals surface area contributed by atoms with E-state index in [1.165, 1.54) is 16.7 Å². The van der Waals surface area contributed by atoms with Gasteiger partial charge in [0.15, 0.2) is 0 Å². The molecular weight excluding hydrogens is 656 g/mol. The molecule has 0 atom stereocenters. The summed E-state index contributed by atoms with van der Waals surface area (Å²) >= 11 is 0. The molecule has 0 aliphatic carbocycles. The highest BCUT2D eigenvalue weighted by Crippen LogP contribution is 2.42. The lowest BCUT2D eigenvalue weighted by Crippen LogP contribution is -2.30. The highest BCUT2D eigenvalue weighted by Gasteiger charge is 2.43. The van der Waals surface area contributed by atoms with E-state index in [0.717, 1.165) is 22.3 Å². The van der Waals surface area contributed by atoms with Crippen LogP contribution in [0.5, 0.6) is 0 Å². The first-order chi connectivity index (χ1) is 24.3. The van der Waals surface area contributed by atoms with E-state index in [2.05, 4.69) is 92.6 Å². The SMILES string of the molecule is CC(C)(C)c1cc(C(C)(C)C)cc(C2(c3ccc(C(=O)O)cc3)OCCO2)c1.CC(C)(C)c1ccc(C2(c3ccc(C(=O)O)cc3)OCCO2)cc1. The van der Waals surface area contributed by atoms with Gasteiger partial charge in [0.05, 0.1) is 37.6 Å². The normalized spacial score (nSPS) is 16.9. The quantitative estimate of drug-likeness (QED) is 0.204. The lowest BCUT2D eigenvalue weighted by molar-refractivity contribution is -0.130. The van der Waals surface area contributed by atoms with Crippen LogP contribution in [0, 0.1) is 0 Å². The van der Waals surface area contributed by atoms with Crippen molar-refractivity contribution in [3.63, 3.8) is 0 Å². The third-order valence-corrected chi connectivity index (χ3v) is 9.59. The molecule has 0 radical (unpaired) electrons. The van der Waals surface area contributed by atoms with Gasteiger partial charge in [0.25, 0.3) is 0 Å². The Labute approximate surface area is 307 Å². The van der Waals surface area contributed by atoms with Gasteiger partial charge in [-0.15, -0.1) is 0 Å². The third-order valence-electron chi connectivity index (χ3n) is 9.59. The molecule has 0 unspecified atom stereocenters. The first-order valence-electron chi connectivity index (χ1n) is 17.8. The van der Waals surface area contributed by atoms with Gasteiger partial charge < -0.3 is 29.2 Å². The molecule has 276 valence electrons. The second-order valence-corrected chi connectivity index (χ2v) is 16.5. The molecule has 2 N–H and O–H groups in total. The van der Waals surface area contributed by atoms with Gasteiger partial charge in [-0.05, 0) is 69.3 Å². The molecule has 2 saturated heterocycles. The van der Waals surface area contributed by atoms with Crippen molar-refractivity contribution in [1.82, 2.24) is 0 Å². The van der Waals surface area contributed by atoms with Crippen molar-refractivity contribution < 1.29 is 38.7 Å². The number of aromatic carboxylic acids is 2. The van der Waals surface area contributed by atoms with Crippen LogP contribution in [0.15, 0.2) is 91.0 Å². The molecule has 8 heteroatoms. The van der Waals surface area contributed by atoms with Gasteiger partial charge in [0.2, 0.25) is 11.6 Å². The first-order valence-corrected chi connectivity index (χ1v) is 17.8. The summed E-state index contributed by atoms with van der Waals surface area (Å²) in [5.41, 5.74) is 7.66. The van der Waals surface area contributed by atoms with Crippen molar-refractivity contribution in [2.45, 2.75) is 90.1 Å². The van der Waals surface area contributed by atoms with Gasteiger partial charge in [-0.25, -0.2) is 9.59 Å². The lowest BCUT2D eigenvalue weighted by atomic mass is 9.78. The van der Waals surface area contributed by atoms with Gasteiger partial charge in [0, 0.05) is 22.3 Å². The minimum atomic E-state index is -1.02. The molecule has 8 nitrogen and oxygen atoms in total. The fourth-order valence-corrected chi connectivity index (χ4v) is 6.36.